The van der Waals surface area contributed by atoms with E-state index in [4.69, 9.17) is 11.6 Å². The van der Waals surface area contributed by atoms with E-state index in [1.165, 1.54) is 6.07 Å². The van der Waals surface area contributed by atoms with Gasteiger partial charge in [0.1, 0.15) is 11.6 Å². The van der Waals surface area contributed by atoms with Gasteiger partial charge < -0.3 is 10.4 Å². The molecule has 2 nitrogen and oxygen atoms in total. The van der Waals surface area contributed by atoms with Crippen molar-refractivity contribution < 1.29 is 9.50 Å². The number of rotatable bonds is 3. The van der Waals surface area contributed by atoms with Gasteiger partial charge in [-0.3, -0.25) is 0 Å². The molecule has 19 heavy (non-hydrogen) atoms. The molecule has 0 bridgehead atoms. The highest BCUT2D eigenvalue weighted by atomic mass is 35.5. The number of hydrogen-bond donors (Lipinski definition) is 2. The van der Waals surface area contributed by atoms with E-state index in [1.54, 1.807) is 12.1 Å². The number of phenols is 1. The molecule has 2 rings (SSSR count). The van der Waals surface area contributed by atoms with Crippen LogP contribution in [0.1, 0.15) is 24.1 Å². The maximum atomic E-state index is 13.8. The minimum absolute atomic E-state index is 0.0814. The Morgan fingerprint density at radius 2 is 1.95 bits per heavy atom. The zero-order valence-electron chi connectivity index (χ0n) is 10.7. The molecule has 0 aliphatic heterocycles. The molecule has 100 valence electrons. The minimum Gasteiger partial charge on any atom is -0.508 e. The second-order valence-electron chi connectivity index (χ2n) is 4.56. The Balaban J connectivity index is 2.25. The Labute approximate surface area is 116 Å². The first-order valence-corrected chi connectivity index (χ1v) is 6.36. The van der Waals surface area contributed by atoms with Gasteiger partial charge in [0.15, 0.2) is 0 Å². The molecule has 2 aromatic rings. The van der Waals surface area contributed by atoms with E-state index in [0.717, 1.165) is 17.3 Å². The second-order valence-corrected chi connectivity index (χ2v) is 4.96. The van der Waals surface area contributed by atoms with Crippen molar-refractivity contribution in [1.82, 2.24) is 0 Å². The van der Waals surface area contributed by atoms with Gasteiger partial charge >= 0.3 is 0 Å². The van der Waals surface area contributed by atoms with Gasteiger partial charge in [0.05, 0.1) is 16.8 Å². The molecule has 0 radical (unpaired) electrons. The average molecular weight is 280 g/mol. The first-order valence-electron chi connectivity index (χ1n) is 5.98. The van der Waals surface area contributed by atoms with Gasteiger partial charge in [-0.1, -0.05) is 23.7 Å². The van der Waals surface area contributed by atoms with Crippen LogP contribution in [0.25, 0.3) is 0 Å². The monoisotopic (exact) mass is 279 g/mol. The quantitative estimate of drug-likeness (QED) is 0.856. The van der Waals surface area contributed by atoms with E-state index in [0.29, 0.717) is 10.6 Å². The maximum absolute atomic E-state index is 13.8. The predicted molar refractivity (Wildman–Crippen MR) is 76.3 cm³/mol. The van der Waals surface area contributed by atoms with Crippen LogP contribution in [-0.2, 0) is 0 Å². The zero-order chi connectivity index (χ0) is 14.0. The molecular weight excluding hydrogens is 265 g/mol. The molecule has 1 atom stereocenters. The molecule has 0 saturated heterocycles. The van der Waals surface area contributed by atoms with E-state index in [1.807, 2.05) is 26.0 Å². The molecule has 0 aliphatic rings. The van der Waals surface area contributed by atoms with Crippen LogP contribution in [0.2, 0.25) is 5.02 Å². The Bertz CT molecular complexity index is 601. The van der Waals surface area contributed by atoms with Crippen LogP contribution < -0.4 is 5.32 Å². The first-order chi connectivity index (χ1) is 8.97. The van der Waals surface area contributed by atoms with Gasteiger partial charge in [-0.05, 0) is 37.6 Å². The Morgan fingerprint density at radius 1 is 1.21 bits per heavy atom. The molecule has 0 aliphatic carbocycles. The Morgan fingerprint density at radius 3 is 2.63 bits per heavy atom. The van der Waals surface area contributed by atoms with Crippen LogP contribution in [0, 0.1) is 12.7 Å². The number of halogens is 2. The summed E-state index contributed by atoms with van der Waals surface area (Å²) in [6.45, 7) is 3.81. The first kappa shape index (κ1) is 13.7. The fourth-order valence-corrected chi connectivity index (χ4v) is 2.10. The number of hydrogen-bond acceptors (Lipinski definition) is 2. The average Bonchev–Trinajstić information content (AvgIpc) is 2.33. The molecule has 4 heteroatoms. The largest absolute Gasteiger partial charge is 0.508 e. The van der Waals surface area contributed by atoms with Crippen LogP contribution in [0.5, 0.6) is 5.75 Å². The highest BCUT2D eigenvalue weighted by Gasteiger charge is 2.12. The number of benzene rings is 2. The summed E-state index contributed by atoms with van der Waals surface area (Å²) in [5, 5.41) is 13.0. The van der Waals surface area contributed by atoms with Crippen molar-refractivity contribution in [3.8, 4) is 5.75 Å². The van der Waals surface area contributed by atoms with Crippen LogP contribution >= 0.6 is 11.6 Å². The summed E-state index contributed by atoms with van der Waals surface area (Å²) in [7, 11) is 0. The smallest absolute Gasteiger partial charge is 0.132 e. The molecule has 0 spiro atoms. The number of nitrogens with one attached hydrogen (secondary N) is 1. The van der Waals surface area contributed by atoms with Crippen molar-refractivity contribution in [3.05, 3.63) is 58.4 Å². The van der Waals surface area contributed by atoms with Crippen molar-refractivity contribution in [2.75, 3.05) is 5.32 Å². The second kappa shape index (κ2) is 5.49. The van der Waals surface area contributed by atoms with Gasteiger partial charge in [-0.15, -0.1) is 0 Å². The van der Waals surface area contributed by atoms with Gasteiger partial charge in [-0.25, -0.2) is 4.39 Å². The molecule has 0 heterocycles. The lowest BCUT2D eigenvalue weighted by molar-refractivity contribution is 0.467. The summed E-state index contributed by atoms with van der Waals surface area (Å²) in [6, 6.07) is 9.52. The lowest BCUT2D eigenvalue weighted by Crippen LogP contribution is -2.09. The summed E-state index contributed by atoms with van der Waals surface area (Å²) < 4.78 is 13.8. The third-order valence-corrected chi connectivity index (χ3v) is 3.27. The summed E-state index contributed by atoms with van der Waals surface area (Å²) in [5.74, 6) is -0.522. The molecule has 0 amide bonds. The lowest BCUT2D eigenvalue weighted by atomic mass is 10.1. The van der Waals surface area contributed by atoms with E-state index in [-0.39, 0.29) is 11.8 Å². The molecule has 2 N–H and O–H groups in total. The van der Waals surface area contributed by atoms with E-state index in [9.17, 15) is 9.50 Å². The number of phenolic OH excluding ortho intramolecular Hbond substituents is 1. The molecule has 0 saturated carbocycles. The highest BCUT2D eigenvalue weighted by Crippen LogP contribution is 2.29. The fourth-order valence-electron chi connectivity index (χ4n) is 1.93. The Kier molecular flexibility index (Phi) is 3.96. The minimum atomic E-state index is -0.441. The molecule has 0 aromatic heterocycles. The van der Waals surface area contributed by atoms with E-state index in [2.05, 4.69) is 5.32 Å². The normalized spacial score (nSPS) is 12.2. The third-order valence-electron chi connectivity index (χ3n) is 2.94. The van der Waals surface area contributed by atoms with Gasteiger partial charge in [-0.2, -0.15) is 0 Å². The van der Waals surface area contributed by atoms with Crippen molar-refractivity contribution >= 4 is 17.3 Å². The zero-order valence-corrected chi connectivity index (χ0v) is 11.5. The number of anilines is 1. The van der Waals surface area contributed by atoms with Crippen LogP contribution in [0.3, 0.4) is 0 Å². The lowest BCUT2D eigenvalue weighted by Gasteiger charge is -2.18. The molecule has 2 aromatic carbocycles. The summed E-state index contributed by atoms with van der Waals surface area (Å²) >= 11 is 6.10. The molecule has 1 unspecified atom stereocenters. The maximum Gasteiger partial charge on any atom is 0.132 e. The Hall–Kier alpha value is -1.74. The SMILES string of the molecule is Cc1ccc(Cl)c(NC(C)c2ccc(O)cc2F)c1. The van der Waals surface area contributed by atoms with Crippen molar-refractivity contribution in [2.24, 2.45) is 0 Å². The van der Waals surface area contributed by atoms with Crippen LogP contribution in [0.4, 0.5) is 10.1 Å². The van der Waals surface area contributed by atoms with Crippen molar-refractivity contribution in [3.63, 3.8) is 0 Å². The highest BCUT2D eigenvalue weighted by molar-refractivity contribution is 6.33. The van der Waals surface area contributed by atoms with E-state index < -0.39 is 5.82 Å². The van der Waals surface area contributed by atoms with Gasteiger partial charge in [0, 0.05) is 11.6 Å². The van der Waals surface area contributed by atoms with Crippen LogP contribution in [0.15, 0.2) is 36.4 Å². The van der Waals surface area contributed by atoms with Gasteiger partial charge in [0.25, 0.3) is 0 Å². The van der Waals surface area contributed by atoms with Crippen LogP contribution in [-0.4, -0.2) is 5.11 Å². The third kappa shape index (κ3) is 3.18. The van der Waals surface area contributed by atoms with Gasteiger partial charge in [0.2, 0.25) is 0 Å². The standard InChI is InChI=1S/C15H15ClFNO/c1-9-3-6-13(16)15(7-9)18-10(2)12-5-4-11(19)8-14(12)17/h3-8,10,18-19H,1-2H3. The van der Waals surface area contributed by atoms with Crippen molar-refractivity contribution in [1.29, 1.82) is 0 Å². The van der Waals surface area contributed by atoms with Crippen molar-refractivity contribution in [2.45, 2.75) is 19.9 Å². The summed E-state index contributed by atoms with van der Waals surface area (Å²) in [5.41, 5.74) is 2.32. The topological polar surface area (TPSA) is 32.3 Å². The predicted octanol–water partition coefficient (Wildman–Crippen LogP) is 4.67. The van der Waals surface area contributed by atoms with E-state index >= 15 is 0 Å². The summed E-state index contributed by atoms with van der Waals surface area (Å²) in [6.07, 6.45) is 0. The summed E-state index contributed by atoms with van der Waals surface area (Å²) in [4.78, 5) is 0. The molecular formula is C15H15ClFNO. The fraction of sp³-hybridized carbons (Fsp3) is 0.200. The number of aryl methyl sites for hydroxylation is 1. The molecule has 0 fully saturated rings. The number of aromatic hydroxyl groups is 1.